The highest BCUT2D eigenvalue weighted by Gasteiger charge is 2.11. The number of carbonyl (C=O) groups excluding carboxylic acids is 1. The van der Waals surface area contributed by atoms with Crippen molar-refractivity contribution in [2.75, 3.05) is 5.32 Å². The topological polar surface area (TPSA) is 64.7 Å². The molecular formula is C16H15ClFN5O. The van der Waals surface area contributed by atoms with Gasteiger partial charge < -0.3 is 5.32 Å². The molecule has 24 heavy (non-hydrogen) atoms. The Balaban J connectivity index is 1.67. The molecule has 8 heteroatoms. The van der Waals surface area contributed by atoms with Crippen molar-refractivity contribution < 1.29 is 9.18 Å². The molecule has 0 unspecified atom stereocenters. The van der Waals surface area contributed by atoms with Crippen molar-refractivity contribution >= 4 is 23.3 Å². The molecule has 1 N–H and O–H groups in total. The van der Waals surface area contributed by atoms with E-state index in [2.05, 4.69) is 15.5 Å². The fourth-order valence-electron chi connectivity index (χ4n) is 2.27. The molecule has 0 atom stereocenters. The van der Waals surface area contributed by atoms with Crippen LogP contribution in [0, 0.1) is 12.7 Å². The highest BCUT2D eigenvalue weighted by Crippen LogP contribution is 2.13. The predicted molar refractivity (Wildman–Crippen MR) is 88.3 cm³/mol. The zero-order valence-corrected chi connectivity index (χ0v) is 13.7. The summed E-state index contributed by atoms with van der Waals surface area (Å²) in [5.41, 5.74) is 1.35. The van der Waals surface area contributed by atoms with E-state index in [1.54, 1.807) is 35.1 Å². The van der Waals surface area contributed by atoms with Crippen molar-refractivity contribution in [3.8, 4) is 0 Å². The van der Waals surface area contributed by atoms with Crippen LogP contribution >= 0.6 is 11.6 Å². The summed E-state index contributed by atoms with van der Waals surface area (Å²) in [6.07, 6.45) is 3.02. The number of nitrogens with one attached hydrogen (secondary N) is 1. The van der Waals surface area contributed by atoms with Gasteiger partial charge in [-0.15, -0.1) is 0 Å². The molecule has 0 fully saturated rings. The Morgan fingerprint density at radius 3 is 2.88 bits per heavy atom. The summed E-state index contributed by atoms with van der Waals surface area (Å²) in [4.78, 5) is 12.0. The third-order valence-corrected chi connectivity index (χ3v) is 3.63. The largest absolute Gasteiger partial charge is 0.308 e. The molecule has 0 aliphatic carbocycles. The first-order valence-electron chi connectivity index (χ1n) is 7.27. The van der Waals surface area contributed by atoms with Gasteiger partial charge in [0.15, 0.2) is 5.82 Å². The molecule has 1 amide bonds. The molecule has 124 valence electrons. The van der Waals surface area contributed by atoms with Gasteiger partial charge in [-0.3, -0.25) is 14.2 Å². The smallest absolute Gasteiger partial charge is 0.247 e. The van der Waals surface area contributed by atoms with Crippen LogP contribution in [0.15, 0.2) is 42.7 Å². The minimum Gasteiger partial charge on any atom is -0.308 e. The number of benzene rings is 1. The zero-order valence-electron chi connectivity index (χ0n) is 12.9. The molecule has 1 aromatic carbocycles. The molecule has 3 rings (SSSR count). The van der Waals surface area contributed by atoms with Crippen molar-refractivity contribution in [1.82, 2.24) is 19.6 Å². The first-order valence-corrected chi connectivity index (χ1v) is 7.65. The molecular weight excluding hydrogens is 333 g/mol. The normalized spacial score (nSPS) is 10.8. The number of halogens is 2. The van der Waals surface area contributed by atoms with E-state index in [1.807, 2.05) is 6.92 Å². The van der Waals surface area contributed by atoms with Crippen molar-refractivity contribution in [1.29, 1.82) is 0 Å². The number of hydrogen-bond acceptors (Lipinski definition) is 3. The number of aryl methyl sites for hydroxylation is 1. The van der Waals surface area contributed by atoms with Crippen LogP contribution in [0.4, 0.5) is 10.2 Å². The van der Waals surface area contributed by atoms with E-state index in [-0.39, 0.29) is 18.3 Å². The molecule has 0 aliphatic heterocycles. The third-order valence-electron chi connectivity index (χ3n) is 3.43. The second-order valence-corrected chi connectivity index (χ2v) is 5.76. The van der Waals surface area contributed by atoms with Crippen LogP contribution in [0.3, 0.4) is 0 Å². The minimum atomic E-state index is -0.284. The summed E-state index contributed by atoms with van der Waals surface area (Å²) in [6.45, 7) is 2.17. The molecule has 2 aromatic heterocycles. The summed E-state index contributed by atoms with van der Waals surface area (Å²) in [5.74, 6) is -0.147. The van der Waals surface area contributed by atoms with Crippen LogP contribution in [-0.4, -0.2) is 25.5 Å². The van der Waals surface area contributed by atoms with E-state index < -0.39 is 0 Å². The molecule has 0 saturated heterocycles. The summed E-state index contributed by atoms with van der Waals surface area (Å²) >= 11 is 5.76. The highest BCUT2D eigenvalue weighted by atomic mass is 35.5. The second-order valence-electron chi connectivity index (χ2n) is 5.32. The van der Waals surface area contributed by atoms with Crippen LogP contribution in [-0.2, 0) is 17.9 Å². The monoisotopic (exact) mass is 347 g/mol. The molecule has 6 nitrogen and oxygen atoms in total. The lowest BCUT2D eigenvalue weighted by molar-refractivity contribution is -0.116. The van der Waals surface area contributed by atoms with E-state index >= 15 is 0 Å². The lowest BCUT2D eigenvalue weighted by atomic mass is 10.2. The highest BCUT2D eigenvalue weighted by molar-refractivity contribution is 6.30. The van der Waals surface area contributed by atoms with E-state index in [0.29, 0.717) is 22.9 Å². The van der Waals surface area contributed by atoms with Gasteiger partial charge in [-0.25, -0.2) is 4.39 Å². The van der Waals surface area contributed by atoms with Gasteiger partial charge in [-0.2, -0.15) is 10.2 Å². The van der Waals surface area contributed by atoms with Gasteiger partial charge in [0.05, 0.1) is 17.8 Å². The molecule has 0 radical (unpaired) electrons. The summed E-state index contributed by atoms with van der Waals surface area (Å²) in [7, 11) is 0. The van der Waals surface area contributed by atoms with E-state index in [0.717, 1.165) is 5.69 Å². The number of rotatable bonds is 5. The lowest BCUT2D eigenvalue weighted by Crippen LogP contribution is -2.19. The predicted octanol–water partition coefficient (Wildman–Crippen LogP) is 2.87. The average molecular weight is 348 g/mol. The fraction of sp³-hybridized carbons (Fsp3) is 0.188. The average Bonchev–Trinajstić information content (AvgIpc) is 3.07. The maximum absolute atomic E-state index is 13.7. The first kappa shape index (κ1) is 16.2. The van der Waals surface area contributed by atoms with Crippen LogP contribution in [0.5, 0.6) is 0 Å². The van der Waals surface area contributed by atoms with Crippen molar-refractivity contribution in [2.24, 2.45) is 0 Å². The van der Waals surface area contributed by atoms with Gasteiger partial charge in [0.25, 0.3) is 0 Å². The Morgan fingerprint density at radius 1 is 1.38 bits per heavy atom. The number of carbonyl (C=O) groups is 1. The van der Waals surface area contributed by atoms with Crippen molar-refractivity contribution in [2.45, 2.75) is 20.0 Å². The van der Waals surface area contributed by atoms with Gasteiger partial charge in [0.1, 0.15) is 12.4 Å². The molecule has 2 heterocycles. The number of hydrogen-bond donors (Lipinski definition) is 1. The Bertz CT molecular complexity index is 873. The van der Waals surface area contributed by atoms with Crippen LogP contribution in [0.25, 0.3) is 0 Å². The van der Waals surface area contributed by atoms with Crippen LogP contribution < -0.4 is 5.32 Å². The maximum atomic E-state index is 13.7. The van der Waals surface area contributed by atoms with Crippen LogP contribution in [0.2, 0.25) is 5.02 Å². The van der Waals surface area contributed by atoms with E-state index in [9.17, 15) is 9.18 Å². The molecule has 0 saturated carbocycles. The van der Waals surface area contributed by atoms with Crippen molar-refractivity contribution in [3.63, 3.8) is 0 Å². The summed E-state index contributed by atoms with van der Waals surface area (Å²) in [5, 5.41) is 11.4. The first-order chi connectivity index (χ1) is 11.5. The van der Waals surface area contributed by atoms with Gasteiger partial charge in [-0.05, 0) is 13.0 Å². The molecule has 0 spiro atoms. The molecule has 0 bridgehead atoms. The quantitative estimate of drug-likeness (QED) is 0.771. The van der Waals surface area contributed by atoms with E-state index in [4.69, 9.17) is 11.6 Å². The third kappa shape index (κ3) is 3.80. The second kappa shape index (κ2) is 6.84. The Morgan fingerprint density at radius 2 is 2.17 bits per heavy atom. The maximum Gasteiger partial charge on any atom is 0.247 e. The standard InChI is InChI=1S/C16H15ClFN5O/c1-11-6-15(20-16(24)10-22-9-13(17)7-19-22)21-23(11)8-12-4-2-3-5-14(12)18/h2-7,9H,8,10H2,1H3,(H,20,21,24). The van der Waals surface area contributed by atoms with Crippen LogP contribution in [0.1, 0.15) is 11.3 Å². The minimum absolute atomic E-state index is 0.0337. The van der Waals surface area contributed by atoms with Gasteiger partial charge in [0, 0.05) is 23.5 Å². The number of anilines is 1. The van der Waals surface area contributed by atoms with Crippen molar-refractivity contribution in [3.05, 3.63) is 64.8 Å². The fourth-order valence-corrected chi connectivity index (χ4v) is 2.43. The Kier molecular flexibility index (Phi) is 4.61. The molecule has 3 aromatic rings. The molecule has 0 aliphatic rings. The number of amides is 1. The summed E-state index contributed by atoms with van der Waals surface area (Å²) in [6, 6.07) is 8.26. The van der Waals surface area contributed by atoms with E-state index in [1.165, 1.54) is 16.9 Å². The lowest BCUT2D eigenvalue weighted by Gasteiger charge is -2.05. The van der Waals surface area contributed by atoms with Gasteiger partial charge >= 0.3 is 0 Å². The van der Waals surface area contributed by atoms with Gasteiger partial charge in [-0.1, -0.05) is 29.8 Å². The van der Waals surface area contributed by atoms with Gasteiger partial charge in [0.2, 0.25) is 5.91 Å². The number of nitrogens with zero attached hydrogens (tertiary/aromatic N) is 4. The Labute approximate surface area is 142 Å². The number of aromatic nitrogens is 4. The summed E-state index contributed by atoms with van der Waals surface area (Å²) < 4.78 is 16.8. The SMILES string of the molecule is Cc1cc(NC(=O)Cn2cc(Cl)cn2)nn1Cc1ccccc1F. The zero-order chi connectivity index (χ0) is 17.1. The Hall–Kier alpha value is -2.67.